The van der Waals surface area contributed by atoms with Crippen LogP contribution in [0, 0.1) is 0 Å². The molecule has 0 fully saturated rings. The average molecular weight is 307 g/mol. The van der Waals surface area contributed by atoms with E-state index in [1.165, 1.54) is 0 Å². The molecule has 5 nitrogen and oxygen atoms in total. The van der Waals surface area contributed by atoms with Gasteiger partial charge in [0, 0.05) is 13.0 Å². The Kier molecular flexibility index (Phi) is 4.38. The van der Waals surface area contributed by atoms with Gasteiger partial charge >= 0.3 is 0 Å². The predicted octanol–water partition coefficient (Wildman–Crippen LogP) is 2.68. The molecule has 0 aliphatic carbocycles. The third-order valence-corrected chi connectivity index (χ3v) is 3.52. The molecule has 0 aliphatic heterocycles. The lowest BCUT2D eigenvalue weighted by Gasteiger charge is -2.08. The van der Waals surface area contributed by atoms with Crippen molar-refractivity contribution in [3.8, 4) is 5.88 Å². The van der Waals surface area contributed by atoms with Crippen molar-refractivity contribution in [1.29, 1.82) is 0 Å². The minimum atomic E-state index is -0.336. The lowest BCUT2D eigenvalue weighted by Crippen LogP contribution is -2.17. The van der Waals surface area contributed by atoms with Crippen molar-refractivity contribution in [2.75, 3.05) is 5.32 Å². The van der Waals surface area contributed by atoms with Crippen molar-refractivity contribution in [3.63, 3.8) is 0 Å². The molecule has 3 N–H and O–H groups in total. The van der Waals surface area contributed by atoms with Crippen molar-refractivity contribution in [2.45, 2.75) is 13.0 Å². The molecule has 1 heterocycles. The maximum atomic E-state index is 12.2. The molecule has 3 aromatic rings. The summed E-state index contributed by atoms with van der Waals surface area (Å²) >= 11 is 0. The monoisotopic (exact) mass is 307 g/mol. The number of hydrogen-bond donors (Lipinski definition) is 3. The Morgan fingerprint density at radius 3 is 2.17 bits per heavy atom. The van der Waals surface area contributed by atoms with Crippen LogP contribution in [0.1, 0.15) is 16.7 Å². The number of rotatable bonds is 5. The fourth-order valence-corrected chi connectivity index (χ4v) is 2.31. The molecule has 5 heteroatoms. The van der Waals surface area contributed by atoms with Crippen LogP contribution in [0.25, 0.3) is 0 Å². The Hall–Kier alpha value is -3.08. The summed E-state index contributed by atoms with van der Waals surface area (Å²) in [4.78, 5) is 18.9. The molecular weight excluding hydrogens is 290 g/mol. The van der Waals surface area contributed by atoms with E-state index < -0.39 is 0 Å². The first kappa shape index (κ1) is 14.8. The molecule has 3 rings (SSSR count). The fraction of sp³-hybridized carbons (Fsp3) is 0.111. The van der Waals surface area contributed by atoms with Gasteiger partial charge in [0.15, 0.2) is 0 Å². The second kappa shape index (κ2) is 6.79. The standard InChI is InChI=1S/C18H17N3O2/c22-16-15(11-13-7-3-1-4-8-13)17(23)21-18(20-16)19-12-14-9-5-2-6-10-14/h1-10H,11-12H2,(H3,19,20,21,22,23). The second-order valence-corrected chi connectivity index (χ2v) is 5.22. The summed E-state index contributed by atoms with van der Waals surface area (Å²) in [6.45, 7) is 0.515. The Labute approximate surface area is 133 Å². The summed E-state index contributed by atoms with van der Waals surface area (Å²) in [5.74, 6) is 0.0151. The van der Waals surface area contributed by atoms with Gasteiger partial charge in [0.05, 0.1) is 5.56 Å². The number of nitrogens with zero attached hydrogens (tertiary/aromatic N) is 1. The van der Waals surface area contributed by atoms with Crippen LogP contribution in [0.4, 0.5) is 5.95 Å². The largest absolute Gasteiger partial charge is 0.493 e. The zero-order chi connectivity index (χ0) is 16.1. The molecule has 0 aliphatic rings. The Morgan fingerprint density at radius 2 is 1.57 bits per heavy atom. The number of nitrogens with one attached hydrogen (secondary N) is 2. The summed E-state index contributed by atoms with van der Waals surface area (Å²) in [6.07, 6.45) is 0.341. The van der Waals surface area contributed by atoms with E-state index >= 15 is 0 Å². The first-order valence-corrected chi connectivity index (χ1v) is 7.36. The van der Waals surface area contributed by atoms with Gasteiger partial charge in [-0.1, -0.05) is 60.7 Å². The SMILES string of the molecule is O=c1[nH]c(NCc2ccccc2)nc(O)c1Cc1ccccc1. The number of aromatic nitrogens is 2. The van der Waals surface area contributed by atoms with Crippen LogP contribution in [-0.2, 0) is 13.0 Å². The van der Waals surface area contributed by atoms with E-state index in [9.17, 15) is 9.90 Å². The molecule has 0 saturated carbocycles. The van der Waals surface area contributed by atoms with E-state index in [-0.39, 0.29) is 23.0 Å². The highest BCUT2D eigenvalue weighted by molar-refractivity contribution is 5.36. The maximum Gasteiger partial charge on any atom is 0.259 e. The number of H-pyrrole nitrogens is 1. The highest BCUT2D eigenvalue weighted by atomic mass is 16.3. The van der Waals surface area contributed by atoms with Crippen LogP contribution in [0.2, 0.25) is 0 Å². The first-order valence-electron chi connectivity index (χ1n) is 7.36. The Balaban J connectivity index is 1.76. The van der Waals surface area contributed by atoms with E-state index in [4.69, 9.17) is 0 Å². The van der Waals surface area contributed by atoms with Gasteiger partial charge in [0.2, 0.25) is 11.8 Å². The number of anilines is 1. The zero-order valence-electron chi connectivity index (χ0n) is 12.5. The summed E-state index contributed by atoms with van der Waals surface area (Å²) in [5.41, 5.74) is 1.93. The van der Waals surface area contributed by atoms with Crippen LogP contribution in [0.5, 0.6) is 5.88 Å². The minimum Gasteiger partial charge on any atom is -0.493 e. The summed E-state index contributed by atoms with van der Waals surface area (Å²) < 4.78 is 0. The van der Waals surface area contributed by atoms with Crippen molar-refractivity contribution in [2.24, 2.45) is 0 Å². The summed E-state index contributed by atoms with van der Waals surface area (Å²) in [5, 5.41) is 13.1. The summed E-state index contributed by atoms with van der Waals surface area (Å²) in [6, 6.07) is 19.2. The quantitative estimate of drug-likeness (QED) is 0.677. The van der Waals surface area contributed by atoms with Gasteiger partial charge in [0.25, 0.3) is 5.56 Å². The fourth-order valence-electron chi connectivity index (χ4n) is 2.31. The topological polar surface area (TPSA) is 78.0 Å². The van der Waals surface area contributed by atoms with E-state index in [2.05, 4.69) is 15.3 Å². The molecule has 0 amide bonds. The predicted molar refractivity (Wildman–Crippen MR) is 89.5 cm³/mol. The molecule has 0 unspecified atom stereocenters. The molecule has 0 atom stereocenters. The van der Waals surface area contributed by atoms with E-state index in [0.29, 0.717) is 13.0 Å². The summed E-state index contributed by atoms with van der Waals surface area (Å²) in [7, 11) is 0. The molecule has 116 valence electrons. The van der Waals surface area contributed by atoms with Crippen molar-refractivity contribution in [3.05, 3.63) is 87.7 Å². The van der Waals surface area contributed by atoms with Crippen molar-refractivity contribution in [1.82, 2.24) is 9.97 Å². The first-order chi connectivity index (χ1) is 11.2. The molecule has 1 aromatic heterocycles. The van der Waals surface area contributed by atoms with E-state index in [1.807, 2.05) is 60.7 Å². The minimum absolute atomic E-state index is 0.242. The molecular formula is C18H17N3O2. The van der Waals surface area contributed by atoms with Crippen LogP contribution in [-0.4, -0.2) is 15.1 Å². The van der Waals surface area contributed by atoms with Gasteiger partial charge in [-0.15, -0.1) is 0 Å². The molecule has 23 heavy (non-hydrogen) atoms. The van der Waals surface area contributed by atoms with Gasteiger partial charge in [-0.3, -0.25) is 9.78 Å². The van der Waals surface area contributed by atoms with Crippen LogP contribution < -0.4 is 10.9 Å². The Bertz CT molecular complexity index is 830. The van der Waals surface area contributed by atoms with Gasteiger partial charge in [-0.05, 0) is 11.1 Å². The highest BCUT2D eigenvalue weighted by Crippen LogP contribution is 2.15. The lowest BCUT2D eigenvalue weighted by atomic mass is 10.1. The van der Waals surface area contributed by atoms with Gasteiger partial charge < -0.3 is 10.4 Å². The third kappa shape index (κ3) is 3.77. The lowest BCUT2D eigenvalue weighted by molar-refractivity contribution is 0.445. The van der Waals surface area contributed by atoms with Crippen LogP contribution in [0.3, 0.4) is 0 Å². The van der Waals surface area contributed by atoms with Crippen molar-refractivity contribution >= 4 is 5.95 Å². The van der Waals surface area contributed by atoms with Gasteiger partial charge in [-0.25, -0.2) is 0 Å². The smallest absolute Gasteiger partial charge is 0.259 e. The molecule has 0 saturated heterocycles. The number of benzene rings is 2. The normalized spacial score (nSPS) is 10.4. The molecule has 0 bridgehead atoms. The number of aromatic amines is 1. The third-order valence-electron chi connectivity index (χ3n) is 3.52. The molecule has 0 spiro atoms. The molecule has 2 aromatic carbocycles. The number of hydrogen-bond acceptors (Lipinski definition) is 4. The second-order valence-electron chi connectivity index (χ2n) is 5.22. The van der Waals surface area contributed by atoms with Crippen molar-refractivity contribution < 1.29 is 5.11 Å². The Morgan fingerprint density at radius 1 is 0.957 bits per heavy atom. The van der Waals surface area contributed by atoms with Gasteiger partial charge in [-0.2, -0.15) is 4.98 Å². The van der Waals surface area contributed by atoms with Crippen LogP contribution in [0.15, 0.2) is 65.5 Å². The van der Waals surface area contributed by atoms with E-state index in [0.717, 1.165) is 11.1 Å². The number of aromatic hydroxyl groups is 1. The highest BCUT2D eigenvalue weighted by Gasteiger charge is 2.11. The van der Waals surface area contributed by atoms with Crippen LogP contribution >= 0.6 is 0 Å². The van der Waals surface area contributed by atoms with Gasteiger partial charge in [0.1, 0.15) is 0 Å². The van der Waals surface area contributed by atoms with E-state index in [1.54, 1.807) is 0 Å². The zero-order valence-corrected chi connectivity index (χ0v) is 12.5. The molecule has 0 radical (unpaired) electrons. The average Bonchev–Trinajstić information content (AvgIpc) is 2.58. The maximum absolute atomic E-state index is 12.2.